The SMILES string of the molecule is [2H]c1c([2H])c([2H])c2c(c1[2H])c1c([2H])c([2H])c([2H])c([2H])c1n2-c1ccc2c(c1)N(c1cc(-c3ccccc3)ccc1-c1ccc3c(c1)C1(c4ccccc4-c4ccccc41)c1ccccc1-3)c1cc(C(C)(C)C)cc3c1B2c1ccc(-n2c4c([2H])c([2H])c([2H])c([2H])c4c4c([2H])c([2H])c([2H])c([2H])c42)cc1N3c1cc(-c2ccccc2)ccc1-c1ccc2c(c1)C1(c3ccccc3-c3ccccc31)c1ccccc1-2. The van der Waals surface area contributed by atoms with Gasteiger partial charge in [-0.2, -0.15) is 0 Å². The Balaban J connectivity index is 0.805. The van der Waals surface area contributed by atoms with Gasteiger partial charge in [-0.25, -0.2) is 0 Å². The predicted molar refractivity (Wildman–Crippen MR) is 522 cm³/mol. The number of rotatable bonds is 8. The van der Waals surface area contributed by atoms with Crippen molar-refractivity contribution in [2.75, 3.05) is 9.80 Å². The zero-order valence-corrected chi connectivity index (χ0v) is 68.0. The van der Waals surface area contributed by atoms with Crippen LogP contribution in [0.4, 0.5) is 34.1 Å². The van der Waals surface area contributed by atoms with Crippen LogP contribution in [0.1, 0.15) is 92.8 Å². The lowest BCUT2D eigenvalue weighted by molar-refractivity contribution is 0.590. The van der Waals surface area contributed by atoms with E-state index in [9.17, 15) is 21.9 Å². The summed E-state index contributed by atoms with van der Waals surface area (Å²) in [6.07, 6.45) is 0. The van der Waals surface area contributed by atoms with Gasteiger partial charge in [-0.3, -0.25) is 0 Å². The molecule has 4 nitrogen and oxygen atoms in total. The second-order valence-corrected chi connectivity index (χ2v) is 34.8. The minimum absolute atomic E-state index is 0.0571. The molecule has 0 saturated carbocycles. The van der Waals surface area contributed by atoms with Gasteiger partial charge in [0.1, 0.15) is 0 Å². The van der Waals surface area contributed by atoms with Gasteiger partial charge in [0.15, 0.2) is 0 Å². The predicted octanol–water partition coefficient (Wildman–Crippen LogP) is 28.6. The van der Waals surface area contributed by atoms with Crippen molar-refractivity contribution in [1.29, 1.82) is 0 Å². The van der Waals surface area contributed by atoms with Crippen molar-refractivity contribution in [3.8, 4) is 100 Å². The van der Waals surface area contributed by atoms with Gasteiger partial charge >= 0.3 is 0 Å². The van der Waals surface area contributed by atoms with Crippen molar-refractivity contribution in [3.05, 3.63) is 474 Å². The molecule has 582 valence electrons. The van der Waals surface area contributed by atoms with Gasteiger partial charge in [-0.15, -0.1) is 0 Å². The molecule has 0 saturated heterocycles. The van der Waals surface area contributed by atoms with E-state index >= 15 is 0 Å². The lowest BCUT2D eigenvalue weighted by Crippen LogP contribution is -2.61. The second-order valence-electron chi connectivity index (χ2n) is 34.8. The van der Waals surface area contributed by atoms with Crippen LogP contribution in [0.2, 0.25) is 0 Å². The third-order valence-electron chi connectivity index (χ3n) is 27.8. The van der Waals surface area contributed by atoms with E-state index in [0.717, 1.165) is 145 Å². The average Bonchev–Trinajstić information content (AvgIpc) is 0.897. The van der Waals surface area contributed by atoms with E-state index in [-0.39, 0.29) is 43.6 Å². The lowest BCUT2D eigenvalue weighted by atomic mass is 9.33. The van der Waals surface area contributed by atoms with Gasteiger partial charge in [-0.05, 0) is 235 Å². The number of benzene rings is 19. The van der Waals surface area contributed by atoms with Gasteiger partial charge in [0, 0.05) is 66.8 Å². The molecule has 0 fully saturated rings. The standard InChI is InChI=1S/C120H79BN4/c1-118(2,3)80-70-115-117-116(71-80)125(112-69-77(75-32-8-5-9-33-75)55-61-84(112)79-57-63-92-90-39-15-25-49-102(90)120(104(92)67-79)99-46-22-12-36-87(99)88-37-13-23-47-100(88)120)114-73-82(123-109-52-28-18-42-95(109)96-43-19-29-53-110(96)123)59-65-106(114)121(117)105-64-58-81(122-107-50-26-16-40-93(107)94-41-17-27-51-108(94)122)72-113(105)124(115)111-68-76(74-30-6-4-7-31-74)54-60-83(111)78-56-62-91-89-38-14-24-48-101(89)119(103(91)66-78)97-44-20-10-34-85(97)86-35-11-21-45-98(86)119/h4-73H,1-3H3/i16D,17D,18D,19D,26D,27D,28D,29D,40D,41D,42D,43D,50D,51D,52D,53D. The largest absolute Gasteiger partial charge is 0.311 e. The Kier molecular flexibility index (Phi) is 11.7. The third-order valence-corrected chi connectivity index (χ3v) is 27.8. The van der Waals surface area contributed by atoms with Crippen molar-refractivity contribution in [1.82, 2.24) is 9.13 Å². The van der Waals surface area contributed by atoms with E-state index in [1.807, 2.05) is 72.8 Å². The maximum Gasteiger partial charge on any atom is 0.252 e. The minimum Gasteiger partial charge on any atom is -0.311 e. The minimum atomic E-state index is -0.812. The maximum absolute atomic E-state index is 10.1. The highest BCUT2D eigenvalue weighted by Crippen LogP contribution is 2.66. The number of hydrogen-bond donors (Lipinski definition) is 0. The number of anilines is 6. The molecule has 0 amide bonds. The normalized spacial score (nSPS) is 15.8. The molecule has 21 aromatic rings. The molecule has 2 aliphatic heterocycles. The van der Waals surface area contributed by atoms with E-state index in [2.05, 4.69) is 285 Å². The molecule has 4 aliphatic carbocycles. The van der Waals surface area contributed by atoms with Crippen molar-refractivity contribution in [2.45, 2.75) is 37.0 Å². The molecule has 2 aromatic heterocycles. The Labute approximate surface area is 749 Å². The summed E-state index contributed by atoms with van der Waals surface area (Å²) in [5.41, 5.74) is 30.7. The molecule has 6 aliphatic rings. The Hall–Kier alpha value is -15.6. The summed E-state index contributed by atoms with van der Waals surface area (Å²) in [5, 5.41) is -0.314. The van der Waals surface area contributed by atoms with Crippen LogP contribution < -0.4 is 26.2 Å². The van der Waals surface area contributed by atoms with Crippen LogP contribution >= 0.6 is 0 Å². The molecule has 0 N–H and O–H groups in total. The first kappa shape index (κ1) is 56.1. The van der Waals surface area contributed by atoms with Crippen molar-refractivity contribution < 1.29 is 21.9 Å². The summed E-state index contributed by atoms with van der Waals surface area (Å²) in [6, 6.07) is 109. The number of fused-ring (bicyclic) bond motifs is 30. The van der Waals surface area contributed by atoms with Gasteiger partial charge in [0.25, 0.3) is 6.71 Å². The Morgan fingerprint density at radius 1 is 0.240 bits per heavy atom. The number of para-hydroxylation sites is 4. The highest BCUT2D eigenvalue weighted by molar-refractivity contribution is 7.00. The first-order valence-electron chi connectivity index (χ1n) is 50.7. The molecule has 2 spiro atoms. The monoisotopic (exact) mass is 1600 g/mol. The third kappa shape index (κ3) is 9.56. The van der Waals surface area contributed by atoms with Crippen LogP contribution in [0.5, 0.6) is 0 Å². The van der Waals surface area contributed by atoms with E-state index < -0.39 is 120 Å². The van der Waals surface area contributed by atoms with Crippen LogP contribution in [-0.4, -0.2) is 15.8 Å². The smallest absolute Gasteiger partial charge is 0.252 e. The van der Waals surface area contributed by atoms with E-state index in [0.29, 0.717) is 22.7 Å². The molecule has 0 bridgehead atoms. The average molecular weight is 1600 g/mol. The molecule has 5 heteroatoms. The van der Waals surface area contributed by atoms with E-state index in [1.165, 1.54) is 33.4 Å². The number of aromatic nitrogens is 2. The molecule has 0 radical (unpaired) electrons. The molecule has 27 rings (SSSR count). The summed E-state index contributed by atoms with van der Waals surface area (Å²) in [6.45, 7) is 5.79. The van der Waals surface area contributed by atoms with Crippen molar-refractivity contribution >= 4 is 101 Å². The first-order chi connectivity index (χ1) is 68.3. The Morgan fingerprint density at radius 3 is 0.872 bits per heavy atom. The van der Waals surface area contributed by atoms with E-state index in [4.69, 9.17) is 0 Å². The second kappa shape index (κ2) is 26.0. The van der Waals surface area contributed by atoms with Crippen molar-refractivity contribution in [3.63, 3.8) is 0 Å². The van der Waals surface area contributed by atoms with Crippen molar-refractivity contribution in [2.24, 2.45) is 0 Å². The fraction of sp³-hybridized carbons (Fsp3) is 0.0500. The van der Waals surface area contributed by atoms with Gasteiger partial charge in [-0.1, -0.05) is 360 Å². The van der Waals surface area contributed by atoms with Crippen LogP contribution in [0.15, 0.2) is 424 Å². The summed E-state index contributed by atoms with van der Waals surface area (Å²) >= 11 is 0. The lowest BCUT2D eigenvalue weighted by Gasteiger charge is -2.46. The van der Waals surface area contributed by atoms with Crippen LogP contribution in [0.3, 0.4) is 0 Å². The topological polar surface area (TPSA) is 16.3 Å². The van der Waals surface area contributed by atoms with Crippen LogP contribution in [0, 0.1) is 0 Å². The van der Waals surface area contributed by atoms with Crippen LogP contribution in [-0.2, 0) is 16.2 Å². The molecule has 125 heavy (non-hydrogen) atoms. The quantitative estimate of drug-likeness (QED) is 0.141. The zero-order valence-electron chi connectivity index (χ0n) is 84.0. The summed E-state index contributed by atoms with van der Waals surface area (Å²) in [5.74, 6) is 0. The Morgan fingerprint density at radius 2 is 0.536 bits per heavy atom. The molecular weight excluding hydrogens is 1510 g/mol. The maximum atomic E-state index is 10.1. The molecule has 19 aromatic carbocycles. The number of hydrogen-bond acceptors (Lipinski definition) is 2. The molecule has 0 unspecified atom stereocenters. The van der Waals surface area contributed by atoms with Gasteiger partial charge in [0.05, 0.1) is 66.2 Å². The summed E-state index contributed by atoms with van der Waals surface area (Å²) in [7, 11) is 0. The number of nitrogens with zero attached hydrogens (tertiary/aromatic N) is 4. The molecule has 4 heterocycles. The van der Waals surface area contributed by atoms with Gasteiger partial charge in [0.2, 0.25) is 0 Å². The summed E-state index contributed by atoms with van der Waals surface area (Å²) < 4.78 is 158. The fourth-order valence-corrected chi connectivity index (χ4v) is 22.6. The van der Waals surface area contributed by atoms with Crippen LogP contribution in [0.25, 0.3) is 144 Å². The Bertz CT molecular complexity index is 8500. The first-order valence-corrected chi connectivity index (χ1v) is 42.7. The molecule has 0 atom stereocenters. The highest BCUT2D eigenvalue weighted by Gasteiger charge is 2.54. The highest BCUT2D eigenvalue weighted by atomic mass is 15.2. The van der Waals surface area contributed by atoms with E-state index in [1.54, 1.807) is 9.13 Å². The fourth-order valence-electron chi connectivity index (χ4n) is 22.6. The van der Waals surface area contributed by atoms with Gasteiger partial charge < -0.3 is 18.9 Å². The molecular formula is C120H79BN4. The zero-order chi connectivity index (χ0) is 96.2. The summed E-state index contributed by atoms with van der Waals surface area (Å²) in [4.78, 5) is 4.71.